The maximum Gasteiger partial charge on any atom is 0.251 e. The molecule has 126 valence electrons. The lowest BCUT2D eigenvalue weighted by molar-refractivity contribution is -0.142. The van der Waals surface area contributed by atoms with E-state index in [-0.39, 0.29) is 24.5 Å². The second-order valence-electron chi connectivity index (χ2n) is 5.97. The first-order valence-corrected chi connectivity index (χ1v) is 7.98. The number of hydrogen-bond donors (Lipinski definition) is 1. The molecule has 2 fully saturated rings. The second kappa shape index (κ2) is 7.10. The molecular weight excluding hydrogens is 300 g/mol. The first-order chi connectivity index (χ1) is 11.1. The van der Waals surface area contributed by atoms with E-state index in [1.54, 1.807) is 13.0 Å². The lowest BCUT2D eigenvalue weighted by Crippen LogP contribution is -2.52. The Morgan fingerprint density at radius 3 is 2.74 bits per heavy atom. The number of nitrogens with one attached hydrogen (secondary N) is 1. The number of rotatable bonds is 4. The molecule has 1 atom stereocenters. The minimum absolute atomic E-state index is 0.0877. The summed E-state index contributed by atoms with van der Waals surface area (Å²) in [5.41, 5.74) is 0. The summed E-state index contributed by atoms with van der Waals surface area (Å²) in [6.45, 7) is 5.37. The van der Waals surface area contributed by atoms with Crippen molar-refractivity contribution in [1.82, 2.24) is 15.0 Å². The number of carbonyl (C=O) groups excluding carboxylic acids is 2. The van der Waals surface area contributed by atoms with Crippen molar-refractivity contribution >= 4 is 17.6 Å². The topological polar surface area (TPSA) is 87.9 Å². The van der Waals surface area contributed by atoms with Crippen molar-refractivity contribution in [2.24, 2.45) is 0 Å². The van der Waals surface area contributed by atoms with Crippen LogP contribution in [0.5, 0.6) is 0 Å². The monoisotopic (exact) mass is 322 g/mol. The molecule has 2 amide bonds. The van der Waals surface area contributed by atoms with Crippen LogP contribution in [-0.2, 0) is 14.3 Å². The molecule has 0 saturated carbocycles. The van der Waals surface area contributed by atoms with Gasteiger partial charge in [0.15, 0.2) is 5.82 Å². The van der Waals surface area contributed by atoms with Crippen LogP contribution in [-0.4, -0.2) is 72.2 Å². The van der Waals surface area contributed by atoms with Crippen molar-refractivity contribution in [1.29, 1.82) is 0 Å². The highest BCUT2D eigenvalue weighted by Gasteiger charge is 2.30. The van der Waals surface area contributed by atoms with Crippen LogP contribution in [0.15, 0.2) is 10.6 Å². The van der Waals surface area contributed by atoms with Gasteiger partial charge in [-0.15, -0.1) is 0 Å². The number of nitrogens with zero attached hydrogens (tertiary/aromatic N) is 3. The number of hydrogen-bond acceptors (Lipinski definition) is 6. The largest absolute Gasteiger partial charge is 0.368 e. The molecule has 2 saturated heterocycles. The lowest BCUT2D eigenvalue weighted by Gasteiger charge is -2.35. The third kappa shape index (κ3) is 4.08. The highest BCUT2D eigenvalue weighted by molar-refractivity contribution is 5.91. The smallest absolute Gasteiger partial charge is 0.251 e. The van der Waals surface area contributed by atoms with E-state index in [2.05, 4.69) is 10.5 Å². The van der Waals surface area contributed by atoms with Crippen LogP contribution in [0, 0.1) is 6.92 Å². The van der Waals surface area contributed by atoms with E-state index in [9.17, 15) is 9.59 Å². The number of ether oxygens (including phenoxy) is 1. The fourth-order valence-corrected chi connectivity index (χ4v) is 2.91. The molecule has 1 aromatic rings. The number of piperazine rings is 1. The van der Waals surface area contributed by atoms with Gasteiger partial charge in [0, 0.05) is 38.9 Å². The highest BCUT2D eigenvalue weighted by Crippen LogP contribution is 2.16. The van der Waals surface area contributed by atoms with E-state index in [4.69, 9.17) is 9.26 Å². The van der Waals surface area contributed by atoms with Crippen LogP contribution in [0.2, 0.25) is 0 Å². The molecule has 1 unspecified atom stereocenters. The Morgan fingerprint density at radius 1 is 1.35 bits per heavy atom. The third-order valence-corrected chi connectivity index (χ3v) is 4.15. The van der Waals surface area contributed by atoms with Crippen LogP contribution >= 0.6 is 0 Å². The van der Waals surface area contributed by atoms with Crippen molar-refractivity contribution in [3.8, 4) is 0 Å². The standard InChI is InChI=1S/C15H22N4O4/c1-11-9-13(17-23-11)16-14(20)10-18-4-6-19(7-5-18)15(21)12-3-2-8-22-12/h9,12H,2-8,10H2,1H3,(H,16,17,20). The molecule has 3 heterocycles. The minimum atomic E-state index is -0.264. The van der Waals surface area contributed by atoms with E-state index < -0.39 is 0 Å². The molecule has 0 aromatic carbocycles. The average Bonchev–Trinajstić information content (AvgIpc) is 3.19. The van der Waals surface area contributed by atoms with Gasteiger partial charge in [-0.05, 0) is 19.8 Å². The van der Waals surface area contributed by atoms with Gasteiger partial charge in [-0.1, -0.05) is 5.16 Å². The van der Waals surface area contributed by atoms with Gasteiger partial charge >= 0.3 is 0 Å². The molecule has 0 bridgehead atoms. The summed E-state index contributed by atoms with van der Waals surface area (Å²) in [6.07, 6.45) is 1.51. The number of aryl methyl sites for hydroxylation is 1. The Labute approximate surface area is 134 Å². The summed E-state index contributed by atoms with van der Waals surface area (Å²) in [7, 11) is 0. The van der Waals surface area contributed by atoms with Crippen LogP contribution < -0.4 is 5.32 Å². The molecule has 1 N–H and O–H groups in total. The van der Waals surface area contributed by atoms with Gasteiger partial charge in [0.05, 0.1) is 6.54 Å². The summed E-state index contributed by atoms with van der Waals surface area (Å²) in [5, 5.41) is 6.44. The molecule has 23 heavy (non-hydrogen) atoms. The molecule has 8 heteroatoms. The van der Waals surface area contributed by atoms with E-state index in [0.717, 1.165) is 12.8 Å². The van der Waals surface area contributed by atoms with Gasteiger partial charge in [0.1, 0.15) is 11.9 Å². The quantitative estimate of drug-likeness (QED) is 0.855. The normalized spacial score (nSPS) is 22.3. The summed E-state index contributed by atoms with van der Waals surface area (Å²) in [6, 6.07) is 1.68. The van der Waals surface area contributed by atoms with Gasteiger partial charge in [-0.25, -0.2) is 0 Å². The van der Waals surface area contributed by atoms with Crippen LogP contribution in [0.3, 0.4) is 0 Å². The van der Waals surface area contributed by atoms with Crippen molar-refractivity contribution in [3.63, 3.8) is 0 Å². The molecule has 0 radical (unpaired) electrons. The Kier molecular flexibility index (Phi) is 4.92. The molecule has 3 rings (SSSR count). The van der Waals surface area contributed by atoms with Crippen molar-refractivity contribution in [2.45, 2.75) is 25.9 Å². The molecule has 0 aliphatic carbocycles. The van der Waals surface area contributed by atoms with Gasteiger partial charge in [-0.3, -0.25) is 14.5 Å². The van der Waals surface area contributed by atoms with E-state index in [1.165, 1.54) is 0 Å². The second-order valence-corrected chi connectivity index (χ2v) is 5.97. The van der Waals surface area contributed by atoms with Crippen LogP contribution in [0.1, 0.15) is 18.6 Å². The van der Waals surface area contributed by atoms with Crippen molar-refractivity contribution in [2.75, 3.05) is 44.6 Å². The van der Waals surface area contributed by atoms with E-state index in [1.807, 2.05) is 9.80 Å². The predicted octanol–water partition coefficient (Wildman–Crippen LogP) is 0.245. The molecule has 2 aliphatic heterocycles. The number of aromatic nitrogens is 1. The molecule has 0 spiro atoms. The highest BCUT2D eigenvalue weighted by atomic mass is 16.5. The van der Waals surface area contributed by atoms with Gasteiger partial charge in [0.2, 0.25) is 5.91 Å². The van der Waals surface area contributed by atoms with Gasteiger partial charge < -0.3 is 19.5 Å². The van der Waals surface area contributed by atoms with Crippen molar-refractivity contribution in [3.05, 3.63) is 11.8 Å². The fourth-order valence-electron chi connectivity index (χ4n) is 2.91. The Morgan fingerprint density at radius 2 is 2.13 bits per heavy atom. The number of amides is 2. The Balaban J connectivity index is 1.41. The SMILES string of the molecule is Cc1cc(NC(=O)CN2CCN(C(=O)C3CCCO3)CC2)no1. The summed E-state index contributed by atoms with van der Waals surface area (Å²) in [4.78, 5) is 28.1. The molecule has 2 aliphatic rings. The minimum Gasteiger partial charge on any atom is -0.368 e. The van der Waals surface area contributed by atoms with E-state index >= 15 is 0 Å². The van der Waals surface area contributed by atoms with E-state index in [0.29, 0.717) is 44.4 Å². The summed E-state index contributed by atoms with van der Waals surface area (Å²) >= 11 is 0. The van der Waals surface area contributed by atoms with Crippen LogP contribution in [0.25, 0.3) is 0 Å². The summed E-state index contributed by atoms with van der Waals surface area (Å²) in [5.74, 6) is 1.04. The molecule has 8 nitrogen and oxygen atoms in total. The fraction of sp³-hybridized carbons (Fsp3) is 0.667. The Hall–Kier alpha value is -1.93. The zero-order valence-electron chi connectivity index (χ0n) is 13.3. The van der Waals surface area contributed by atoms with Gasteiger partial charge in [-0.2, -0.15) is 0 Å². The van der Waals surface area contributed by atoms with Gasteiger partial charge in [0.25, 0.3) is 5.91 Å². The Bertz CT molecular complexity index is 560. The lowest BCUT2D eigenvalue weighted by atomic mass is 10.2. The van der Waals surface area contributed by atoms with Crippen LogP contribution in [0.4, 0.5) is 5.82 Å². The first kappa shape index (κ1) is 15.9. The first-order valence-electron chi connectivity index (χ1n) is 7.98. The number of anilines is 1. The number of carbonyl (C=O) groups is 2. The zero-order valence-corrected chi connectivity index (χ0v) is 13.3. The van der Waals surface area contributed by atoms with Crippen molar-refractivity contribution < 1.29 is 18.8 Å². The maximum absolute atomic E-state index is 12.3. The maximum atomic E-state index is 12.3. The average molecular weight is 322 g/mol. The zero-order chi connectivity index (χ0) is 16.2. The summed E-state index contributed by atoms with van der Waals surface area (Å²) < 4.78 is 10.4. The predicted molar refractivity (Wildman–Crippen MR) is 81.9 cm³/mol. The molecule has 1 aromatic heterocycles. The third-order valence-electron chi connectivity index (χ3n) is 4.15. The molecular formula is C15H22N4O4.